The van der Waals surface area contributed by atoms with Gasteiger partial charge < -0.3 is 19.9 Å². The van der Waals surface area contributed by atoms with Gasteiger partial charge in [-0.05, 0) is 38.0 Å². The molecule has 4 nitrogen and oxygen atoms in total. The smallest absolute Gasteiger partial charge is 0.231 e. The molecule has 2 N–H and O–H groups in total. The number of nitrogens with two attached hydrogens (primary N) is 1. The number of fused-ring (bicyclic) bond motifs is 1. The summed E-state index contributed by atoms with van der Waals surface area (Å²) >= 11 is 0. The Bertz CT molecular complexity index is 461. The number of ether oxygens (including phenoxy) is 3. The molecule has 1 aromatic rings. The molecule has 1 aromatic carbocycles. The van der Waals surface area contributed by atoms with Crippen LogP contribution < -0.4 is 15.2 Å². The molecule has 0 saturated carbocycles. The molecular formula is C14H19NO3. The Labute approximate surface area is 107 Å². The molecule has 0 aromatic heterocycles. The molecule has 0 amide bonds. The van der Waals surface area contributed by atoms with Crippen molar-refractivity contribution in [2.45, 2.75) is 31.2 Å². The van der Waals surface area contributed by atoms with Crippen molar-refractivity contribution in [1.82, 2.24) is 0 Å². The average Bonchev–Trinajstić information content (AvgIpc) is 2.69. The Morgan fingerprint density at radius 1 is 1.22 bits per heavy atom. The molecule has 2 aliphatic rings. The van der Waals surface area contributed by atoms with E-state index in [1.54, 1.807) is 0 Å². The van der Waals surface area contributed by atoms with Gasteiger partial charge in [-0.25, -0.2) is 0 Å². The van der Waals surface area contributed by atoms with Crippen LogP contribution in [0.3, 0.4) is 0 Å². The SMILES string of the molecule is CC(C)(N)CC1(c2ccc3c(c2)OCO3)COC1. The van der Waals surface area contributed by atoms with Crippen LogP contribution in [-0.4, -0.2) is 25.5 Å². The first-order valence-electron chi connectivity index (χ1n) is 6.25. The normalized spacial score (nSPS) is 20.6. The van der Waals surface area contributed by atoms with Gasteiger partial charge in [0, 0.05) is 11.0 Å². The molecule has 4 heteroatoms. The maximum Gasteiger partial charge on any atom is 0.231 e. The molecule has 0 bridgehead atoms. The molecule has 18 heavy (non-hydrogen) atoms. The van der Waals surface area contributed by atoms with Crippen molar-refractivity contribution < 1.29 is 14.2 Å². The summed E-state index contributed by atoms with van der Waals surface area (Å²) in [6.45, 7) is 5.88. The molecule has 2 heterocycles. The maximum atomic E-state index is 6.17. The zero-order valence-corrected chi connectivity index (χ0v) is 10.9. The third-order valence-electron chi connectivity index (χ3n) is 3.54. The molecule has 0 unspecified atom stereocenters. The highest BCUT2D eigenvalue weighted by Crippen LogP contribution is 2.43. The lowest BCUT2D eigenvalue weighted by atomic mass is 9.71. The monoisotopic (exact) mass is 249 g/mol. The Hall–Kier alpha value is -1.26. The first kappa shape index (κ1) is 11.8. The summed E-state index contributed by atoms with van der Waals surface area (Å²) in [5.41, 5.74) is 7.22. The van der Waals surface area contributed by atoms with Gasteiger partial charge in [0.25, 0.3) is 0 Å². The van der Waals surface area contributed by atoms with E-state index in [2.05, 4.69) is 26.0 Å². The van der Waals surface area contributed by atoms with Gasteiger partial charge in [-0.1, -0.05) is 6.07 Å². The van der Waals surface area contributed by atoms with Gasteiger partial charge >= 0.3 is 0 Å². The highest BCUT2D eigenvalue weighted by molar-refractivity contribution is 5.47. The second-order valence-electron chi connectivity index (χ2n) is 6.01. The van der Waals surface area contributed by atoms with Gasteiger partial charge in [-0.15, -0.1) is 0 Å². The number of benzene rings is 1. The standard InChI is InChI=1S/C14H19NO3/c1-13(2,15)6-14(7-16-8-14)10-3-4-11-12(5-10)18-9-17-11/h3-5H,6-9,15H2,1-2H3. The van der Waals surface area contributed by atoms with Crippen LogP contribution in [0.15, 0.2) is 18.2 Å². The number of hydrogen-bond donors (Lipinski definition) is 1. The van der Waals surface area contributed by atoms with Crippen molar-refractivity contribution >= 4 is 0 Å². The van der Waals surface area contributed by atoms with E-state index in [9.17, 15) is 0 Å². The zero-order valence-electron chi connectivity index (χ0n) is 10.9. The highest BCUT2D eigenvalue weighted by atomic mass is 16.7. The third-order valence-corrected chi connectivity index (χ3v) is 3.54. The van der Waals surface area contributed by atoms with Crippen molar-refractivity contribution in [3.8, 4) is 11.5 Å². The largest absolute Gasteiger partial charge is 0.454 e. The summed E-state index contributed by atoms with van der Waals surface area (Å²) in [4.78, 5) is 0. The van der Waals surface area contributed by atoms with Gasteiger partial charge in [0.15, 0.2) is 11.5 Å². The molecule has 0 aliphatic carbocycles. The van der Waals surface area contributed by atoms with E-state index in [-0.39, 0.29) is 11.0 Å². The fourth-order valence-electron chi connectivity index (χ4n) is 2.82. The highest BCUT2D eigenvalue weighted by Gasteiger charge is 2.43. The first-order chi connectivity index (χ1) is 8.49. The second kappa shape index (κ2) is 3.87. The molecule has 3 rings (SSSR count). The Morgan fingerprint density at radius 2 is 1.94 bits per heavy atom. The van der Waals surface area contributed by atoms with E-state index in [1.807, 2.05) is 6.07 Å². The van der Waals surface area contributed by atoms with Crippen LogP contribution >= 0.6 is 0 Å². The van der Waals surface area contributed by atoms with Crippen LogP contribution in [0, 0.1) is 0 Å². The van der Waals surface area contributed by atoms with E-state index in [0.717, 1.165) is 31.1 Å². The average molecular weight is 249 g/mol. The van der Waals surface area contributed by atoms with Gasteiger partial charge in [0.05, 0.1) is 13.2 Å². The van der Waals surface area contributed by atoms with Crippen LogP contribution in [0.4, 0.5) is 0 Å². The maximum absolute atomic E-state index is 6.17. The molecule has 0 spiro atoms. The Kier molecular flexibility index (Phi) is 2.54. The minimum Gasteiger partial charge on any atom is -0.454 e. The van der Waals surface area contributed by atoms with E-state index in [0.29, 0.717) is 6.79 Å². The molecule has 0 radical (unpaired) electrons. The summed E-state index contributed by atoms with van der Waals surface area (Å²) in [5.74, 6) is 1.65. The molecule has 1 fully saturated rings. The van der Waals surface area contributed by atoms with Crippen molar-refractivity contribution in [3.63, 3.8) is 0 Å². The van der Waals surface area contributed by atoms with Crippen LogP contribution in [0.25, 0.3) is 0 Å². The predicted molar refractivity (Wildman–Crippen MR) is 67.9 cm³/mol. The minimum atomic E-state index is -0.208. The van der Waals surface area contributed by atoms with Crippen molar-refractivity contribution in [2.75, 3.05) is 20.0 Å². The lowest BCUT2D eigenvalue weighted by molar-refractivity contribution is -0.0719. The first-order valence-corrected chi connectivity index (χ1v) is 6.25. The van der Waals surface area contributed by atoms with Gasteiger partial charge in [-0.2, -0.15) is 0 Å². The zero-order chi connectivity index (χ0) is 12.8. The Balaban J connectivity index is 1.92. The van der Waals surface area contributed by atoms with Crippen LogP contribution in [-0.2, 0) is 10.2 Å². The quantitative estimate of drug-likeness (QED) is 0.887. The topological polar surface area (TPSA) is 53.7 Å². The van der Waals surface area contributed by atoms with Gasteiger partial charge in [-0.3, -0.25) is 0 Å². The second-order valence-corrected chi connectivity index (χ2v) is 6.01. The summed E-state index contributed by atoms with van der Waals surface area (Å²) in [6, 6.07) is 6.14. The van der Waals surface area contributed by atoms with E-state index in [4.69, 9.17) is 19.9 Å². The van der Waals surface area contributed by atoms with E-state index >= 15 is 0 Å². The predicted octanol–water partition coefficient (Wildman–Crippen LogP) is 1.81. The molecule has 98 valence electrons. The Morgan fingerprint density at radius 3 is 2.56 bits per heavy atom. The fourth-order valence-corrected chi connectivity index (χ4v) is 2.82. The van der Waals surface area contributed by atoms with E-state index < -0.39 is 0 Å². The fraction of sp³-hybridized carbons (Fsp3) is 0.571. The summed E-state index contributed by atoms with van der Waals surface area (Å²) in [7, 11) is 0. The summed E-state index contributed by atoms with van der Waals surface area (Å²) < 4.78 is 16.2. The van der Waals surface area contributed by atoms with Crippen LogP contribution in [0.5, 0.6) is 11.5 Å². The van der Waals surface area contributed by atoms with Crippen LogP contribution in [0.1, 0.15) is 25.8 Å². The number of rotatable bonds is 3. The summed E-state index contributed by atoms with van der Waals surface area (Å²) in [5, 5.41) is 0. The van der Waals surface area contributed by atoms with Crippen molar-refractivity contribution in [1.29, 1.82) is 0 Å². The summed E-state index contributed by atoms with van der Waals surface area (Å²) in [6.07, 6.45) is 0.902. The van der Waals surface area contributed by atoms with Gasteiger partial charge in [0.1, 0.15) is 0 Å². The van der Waals surface area contributed by atoms with Crippen LogP contribution in [0.2, 0.25) is 0 Å². The molecule has 2 aliphatic heterocycles. The third kappa shape index (κ3) is 1.95. The van der Waals surface area contributed by atoms with E-state index in [1.165, 1.54) is 5.56 Å². The lowest BCUT2D eigenvalue weighted by Crippen LogP contribution is -2.53. The minimum absolute atomic E-state index is 0.0270. The van der Waals surface area contributed by atoms with Crippen molar-refractivity contribution in [2.24, 2.45) is 5.73 Å². The molecular weight excluding hydrogens is 230 g/mol. The molecule has 1 saturated heterocycles. The molecule has 0 atom stereocenters. The van der Waals surface area contributed by atoms with Crippen molar-refractivity contribution in [3.05, 3.63) is 23.8 Å². The lowest BCUT2D eigenvalue weighted by Gasteiger charge is -2.45. The van der Waals surface area contributed by atoms with Gasteiger partial charge in [0.2, 0.25) is 6.79 Å². The number of hydrogen-bond acceptors (Lipinski definition) is 4.